The summed E-state index contributed by atoms with van der Waals surface area (Å²) in [6.45, 7) is 8.09. The highest BCUT2D eigenvalue weighted by Crippen LogP contribution is 2.23. The Morgan fingerprint density at radius 1 is 1.43 bits per heavy atom. The van der Waals surface area contributed by atoms with Crippen LogP contribution in [0.5, 0.6) is 0 Å². The third kappa shape index (κ3) is 5.93. The summed E-state index contributed by atoms with van der Waals surface area (Å²) in [4.78, 5) is 12.0. The zero-order valence-electron chi connectivity index (χ0n) is 14.4. The normalized spacial score (nSPS) is 14.0. The average molecular weight is 322 g/mol. The van der Waals surface area contributed by atoms with E-state index in [1.54, 1.807) is 26.3 Å². The van der Waals surface area contributed by atoms with Crippen LogP contribution in [0.25, 0.3) is 0 Å². The molecule has 128 valence electrons. The van der Waals surface area contributed by atoms with Gasteiger partial charge < -0.3 is 19.7 Å². The van der Waals surface area contributed by atoms with Gasteiger partial charge in [-0.25, -0.2) is 4.79 Å². The molecule has 3 N–H and O–H groups in total. The monoisotopic (exact) mass is 322 g/mol. The summed E-state index contributed by atoms with van der Waals surface area (Å²) in [7, 11) is 1.56. The van der Waals surface area contributed by atoms with Gasteiger partial charge in [-0.3, -0.25) is 5.32 Å². The first-order valence-corrected chi connectivity index (χ1v) is 7.48. The summed E-state index contributed by atoms with van der Waals surface area (Å²) in [5.74, 6) is 0.531. The van der Waals surface area contributed by atoms with E-state index in [1.807, 2.05) is 25.3 Å². The van der Waals surface area contributed by atoms with Crippen molar-refractivity contribution in [3.8, 4) is 6.07 Å². The van der Waals surface area contributed by atoms with Crippen LogP contribution in [-0.2, 0) is 10.3 Å². The van der Waals surface area contributed by atoms with Crippen LogP contribution in [0.15, 0.2) is 12.3 Å². The molecular weight excluding hydrogens is 296 g/mol. The van der Waals surface area contributed by atoms with E-state index in [0.29, 0.717) is 24.4 Å². The van der Waals surface area contributed by atoms with Crippen LogP contribution in [0.4, 0.5) is 10.6 Å². The Hall–Kier alpha value is -2.04. The third-order valence-corrected chi connectivity index (χ3v) is 3.39. The molecule has 1 rings (SSSR count). The molecule has 0 aromatic carbocycles. The number of anilines is 1. The van der Waals surface area contributed by atoms with Crippen LogP contribution in [0.1, 0.15) is 39.7 Å². The maximum Gasteiger partial charge on any atom is 0.320 e. The van der Waals surface area contributed by atoms with Crippen molar-refractivity contribution in [3.05, 3.63) is 17.8 Å². The zero-order chi connectivity index (χ0) is 17.7. The fourth-order valence-corrected chi connectivity index (χ4v) is 2.02. The number of methoxy groups -OCH3 is 1. The highest BCUT2D eigenvalue weighted by molar-refractivity contribution is 5.88. The number of nitriles is 1. The van der Waals surface area contributed by atoms with Crippen LogP contribution in [0.3, 0.4) is 0 Å². The Balaban J connectivity index is 2.71. The summed E-state index contributed by atoms with van der Waals surface area (Å²) < 4.78 is 6.75. The Bertz CT molecular complexity index is 579. The second-order valence-electron chi connectivity index (χ2n) is 6.81. The molecule has 1 aromatic rings. The Morgan fingerprint density at radius 3 is 2.61 bits per heavy atom. The summed E-state index contributed by atoms with van der Waals surface area (Å²) in [6, 6.07) is 3.25. The van der Waals surface area contributed by atoms with Gasteiger partial charge in [0.1, 0.15) is 11.9 Å². The number of ether oxygens (including phenoxy) is 1. The predicted octanol–water partition coefficient (Wildman–Crippen LogP) is 2.02. The summed E-state index contributed by atoms with van der Waals surface area (Å²) >= 11 is 0. The molecule has 2 amide bonds. The molecule has 7 heteroatoms. The lowest BCUT2D eigenvalue weighted by molar-refractivity contribution is 0.0273. The zero-order valence-corrected chi connectivity index (χ0v) is 14.4. The van der Waals surface area contributed by atoms with E-state index in [0.717, 1.165) is 0 Å². The van der Waals surface area contributed by atoms with Gasteiger partial charge in [-0.05, 0) is 33.8 Å². The minimum atomic E-state index is -1.04. The van der Waals surface area contributed by atoms with Crippen LogP contribution < -0.4 is 10.6 Å². The van der Waals surface area contributed by atoms with Gasteiger partial charge in [0.2, 0.25) is 0 Å². The van der Waals surface area contributed by atoms with Gasteiger partial charge in [0.25, 0.3) is 0 Å². The van der Waals surface area contributed by atoms with Crippen molar-refractivity contribution < 1.29 is 14.6 Å². The number of hydrogen-bond acceptors (Lipinski definition) is 4. The van der Waals surface area contributed by atoms with Crippen molar-refractivity contribution in [2.45, 2.75) is 45.3 Å². The van der Waals surface area contributed by atoms with Gasteiger partial charge in [-0.1, -0.05) is 0 Å². The lowest BCUT2D eigenvalue weighted by Crippen LogP contribution is -2.43. The lowest BCUT2D eigenvalue weighted by Gasteiger charge is -2.25. The molecule has 23 heavy (non-hydrogen) atoms. The van der Waals surface area contributed by atoms with Gasteiger partial charge in [0, 0.05) is 38.4 Å². The maximum absolute atomic E-state index is 12.0. The van der Waals surface area contributed by atoms with Crippen molar-refractivity contribution in [1.29, 1.82) is 5.26 Å². The van der Waals surface area contributed by atoms with Crippen LogP contribution in [0, 0.1) is 11.3 Å². The summed E-state index contributed by atoms with van der Waals surface area (Å²) in [5.41, 5.74) is -0.846. The Labute approximate surface area is 137 Å². The molecule has 0 aliphatic rings. The van der Waals surface area contributed by atoms with E-state index in [4.69, 9.17) is 10.00 Å². The molecule has 0 bridgehead atoms. The van der Waals surface area contributed by atoms with E-state index >= 15 is 0 Å². The molecule has 1 atom stereocenters. The first-order valence-electron chi connectivity index (χ1n) is 7.48. The van der Waals surface area contributed by atoms with Crippen molar-refractivity contribution in [2.75, 3.05) is 25.6 Å². The highest BCUT2D eigenvalue weighted by atomic mass is 16.5. The third-order valence-electron chi connectivity index (χ3n) is 3.39. The topological polar surface area (TPSA) is 99.3 Å². The molecule has 7 nitrogen and oxygen atoms in total. The molecule has 0 radical (unpaired) electrons. The minimum absolute atomic E-state index is 0.101. The SMILES string of the molecule is COCC[C@@](C)(O)CNC(=O)Nc1cc(C#N)cn1C(C)(C)C. The lowest BCUT2D eigenvalue weighted by atomic mass is 10.0. The number of urea groups is 1. The van der Waals surface area contributed by atoms with E-state index in [9.17, 15) is 9.90 Å². The van der Waals surface area contributed by atoms with Gasteiger partial charge in [-0.15, -0.1) is 0 Å². The van der Waals surface area contributed by atoms with E-state index in [-0.39, 0.29) is 12.1 Å². The standard InChI is InChI=1S/C16H26N4O3/c1-15(2,3)20-10-12(9-17)8-13(20)19-14(21)18-11-16(4,22)6-7-23-5/h8,10,22H,6-7,11H2,1-5H3,(H2,18,19,21)/t16-/m1/s1. The van der Waals surface area contributed by atoms with Crippen LogP contribution >= 0.6 is 0 Å². The van der Waals surface area contributed by atoms with Crippen molar-refractivity contribution in [1.82, 2.24) is 9.88 Å². The number of rotatable bonds is 6. The van der Waals surface area contributed by atoms with Gasteiger partial charge in [0.05, 0.1) is 11.2 Å². The number of nitrogens with zero attached hydrogens (tertiary/aromatic N) is 2. The van der Waals surface area contributed by atoms with Crippen molar-refractivity contribution in [3.63, 3.8) is 0 Å². The molecular formula is C16H26N4O3. The fraction of sp³-hybridized carbons (Fsp3) is 0.625. The summed E-state index contributed by atoms with van der Waals surface area (Å²) in [6.07, 6.45) is 2.12. The smallest absolute Gasteiger partial charge is 0.320 e. The van der Waals surface area contributed by atoms with E-state index < -0.39 is 11.6 Å². The molecule has 0 spiro atoms. The second-order valence-corrected chi connectivity index (χ2v) is 6.81. The van der Waals surface area contributed by atoms with Crippen LogP contribution in [0.2, 0.25) is 0 Å². The Morgan fingerprint density at radius 2 is 2.09 bits per heavy atom. The number of nitrogens with one attached hydrogen (secondary N) is 2. The van der Waals surface area contributed by atoms with Crippen molar-refractivity contribution in [2.24, 2.45) is 0 Å². The molecule has 0 aliphatic carbocycles. The molecule has 0 fully saturated rings. The number of carbonyl (C=O) groups excluding carboxylic acids is 1. The largest absolute Gasteiger partial charge is 0.388 e. The summed E-state index contributed by atoms with van der Waals surface area (Å²) in [5, 5.41) is 24.5. The number of amides is 2. The quantitative estimate of drug-likeness (QED) is 0.746. The van der Waals surface area contributed by atoms with Gasteiger partial charge in [0.15, 0.2) is 0 Å². The predicted molar refractivity (Wildman–Crippen MR) is 88.3 cm³/mol. The van der Waals surface area contributed by atoms with Gasteiger partial charge >= 0.3 is 6.03 Å². The van der Waals surface area contributed by atoms with Crippen molar-refractivity contribution >= 4 is 11.8 Å². The number of hydrogen-bond donors (Lipinski definition) is 3. The molecule has 0 aliphatic heterocycles. The number of carbonyl (C=O) groups is 1. The average Bonchev–Trinajstić information content (AvgIpc) is 2.86. The second kappa shape index (κ2) is 7.49. The fourth-order valence-electron chi connectivity index (χ4n) is 2.02. The Kier molecular flexibility index (Phi) is 6.19. The number of aliphatic hydroxyl groups is 1. The van der Waals surface area contributed by atoms with E-state index in [2.05, 4.69) is 16.7 Å². The first kappa shape index (κ1) is 19.0. The van der Waals surface area contributed by atoms with E-state index in [1.165, 1.54) is 0 Å². The molecule has 0 unspecified atom stereocenters. The van der Waals surface area contributed by atoms with Gasteiger partial charge in [-0.2, -0.15) is 5.26 Å². The maximum atomic E-state index is 12.0. The highest BCUT2D eigenvalue weighted by Gasteiger charge is 2.22. The van der Waals surface area contributed by atoms with Crippen LogP contribution in [-0.4, -0.2) is 41.6 Å². The number of aromatic nitrogens is 1. The minimum Gasteiger partial charge on any atom is -0.388 e. The molecule has 0 saturated heterocycles. The molecule has 1 aromatic heterocycles. The molecule has 0 saturated carbocycles. The first-order chi connectivity index (χ1) is 10.6. The molecule has 1 heterocycles.